The maximum Gasteiger partial charge on any atom is 0.191 e. The first-order chi connectivity index (χ1) is 5.12. The molecule has 60 valence electrons. The zero-order valence-electron chi connectivity index (χ0n) is 5.35. The maximum absolute atomic E-state index is 10.8. The summed E-state index contributed by atoms with van der Waals surface area (Å²) in [5.74, 6) is -0.784. The zero-order valence-corrected chi connectivity index (χ0v) is 7.80. The third-order valence-electron chi connectivity index (χ3n) is 0.652. The third kappa shape index (κ3) is 5.97. The second kappa shape index (κ2) is 5.23. The van der Waals surface area contributed by atoms with Crippen LogP contribution in [0.4, 0.5) is 0 Å². The molecule has 0 atom stereocenters. The van der Waals surface area contributed by atoms with Gasteiger partial charge in [-0.2, -0.15) is 0 Å². The highest BCUT2D eigenvalue weighted by Gasteiger charge is 2.06. The smallest absolute Gasteiger partial charge is 0.191 e. The molecule has 0 saturated heterocycles. The molecule has 0 radical (unpaired) electrons. The molecule has 0 heterocycles. The van der Waals surface area contributed by atoms with Gasteiger partial charge in [-0.3, -0.25) is 0 Å². The molecule has 11 heavy (non-hydrogen) atoms. The lowest BCUT2D eigenvalue weighted by atomic mass is 11.4. The largest absolute Gasteiger partial charge is 0.225 e. The van der Waals surface area contributed by atoms with E-state index >= 15 is 0 Å². The van der Waals surface area contributed by atoms with E-state index < -0.39 is 21.6 Å². The lowest BCUT2D eigenvalue weighted by molar-refractivity contribution is 0.597. The summed E-state index contributed by atoms with van der Waals surface area (Å²) in [6.07, 6.45) is 0. The van der Waals surface area contributed by atoms with Crippen molar-refractivity contribution in [3.63, 3.8) is 0 Å². The molecule has 0 spiro atoms. The Kier molecular flexibility index (Phi) is 5.02. The number of nitrogens with zero attached hydrogens (tertiary/aromatic N) is 2. The first-order valence-corrected chi connectivity index (χ1v) is 5.04. The number of thiocarbonyl (C=S) groups is 2. The van der Waals surface area contributed by atoms with E-state index in [1.54, 1.807) is 0 Å². The van der Waals surface area contributed by atoms with Crippen LogP contribution in [0.2, 0.25) is 0 Å². The van der Waals surface area contributed by atoms with Crippen LogP contribution in [-0.2, 0) is 9.84 Å². The van der Waals surface area contributed by atoms with E-state index in [4.69, 9.17) is 0 Å². The predicted molar refractivity (Wildman–Crippen MR) is 48.7 cm³/mol. The van der Waals surface area contributed by atoms with E-state index in [2.05, 4.69) is 34.4 Å². The molecule has 0 amide bonds. The first kappa shape index (κ1) is 10.6. The molecule has 0 aliphatic heterocycles. The highest BCUT2D eigenvalue weighted by Crippen LogP contribution is 1.89. The lowest BCUT2D eigenvalue weighted by Crippen LogP contribution is -2.06. The van der Waals surface area contributed by atoms with Crippen LogP contribution in [0.5, 0.6) is 0 Å². The van der Waals surface area contributed by atoms with Crippen molar-refractivity contribution in [1.82, 2.24) is 0 Å². The van der Waals surface area contributed by atoms with Crippen LogP contribution in [0.3, 0.4) is 0 Å². The number of sulfone groups is 1. The highest BCUT2D eigenvalue weighted by atomic mass is 32.2. The fraction of sp³-hybridized carbons (Fsp3) is 0.500. The molecule has 0 fully saturated rings. The topological polar surface area (TPSA) is 58.9 Å². The molecule has 0 bridgehead atoms. The Balaban J connectivity index is 4.23. The fourth-order valence-electron chi connectivity index (χ4n) is 0.290. The summed E-state index contributed by atoms with van der Waals surface area (Å²) < 4.78 is 21.6. The molecular formula is C4H4N2O2S3. The Morgan fingerprint density at radius 1 is 1.09 bits per heavy atom. The Bertz CT molecular complexity index is 282. The summed E-state index contributed by atoms with van der Waals surface area (Å²) in [6.45, 7) is 0. The van der Waals surface area contributed by atoms with Crippen LogP contribution < -0.4 is 0 Å². The van der Waals surface area contributed by atoms with Gasteiger partial charge < -0.3 is 0 Å². The van der Waals surface area contributed by atoms with Crippen molar-refractivity contribution in [2.24, 2.45) is 9.98 Å². The van der Waals surface area contributed by atoms with E-state index in [1.807, 2.05) is 10.3 Å². The van der Waals surface area contributed by atoms with E-state index in [0.717, 1.165) is 0 Å². The van der Waals surface area contributed by atoms with Crippen LogP contribution in [0, 0.1) is 0 Å². The molecule has 7 heteroatoms. The molecule has 0 aliphatic rings. The second-order valence-corrected chi connectivity index (χ2v) is 3.87. The molecule has 4 nitrogen and oxygen atoms in total. The Hall–Kier alpha value is -0.450. The highest BCUT2D eigenvalue weighted by molar-refractivity contribution is 7.91. The van der Waals surface area contributed by atoms with Gasteiger partial charge in [0.15, 0.2) is 21.6 Å². The predicted octanol–water partition coefficient (Wildman–Crippen LogP) is 0.522. The molecule has 0 aromatic heterocycles. The quantitative estimate of drug-likeness (QED) is 0.499. The molecule has 0 aromatic rings. The normalized spacial score (nSPS) is 9.45. The van der Waals surface area contributed by atoms with Crippen molar-refractivity contribution in [2.45, 2.75) is 0 Å². The summed E-state index contributed by atoms with van der Waals surface area (Å²) >= 11 is 8.37. The van der Waals surface area contributed by atoms with Crippen molar-refractivity contribution >= 4 is 44.6 Å². The van der Waals surface area contributed by atoms with Crippen molar-refractivity contribution in [3.8, 4) is 0 Å². The van der Waals surface area contributed by atoms with Crippen LogP contribution >= 0.6 is 24.4 Å². The number of aliphatic imine (C=N–C) groups is 2. The van der Waals surface area contributed by atoms with E-state index in [9.17, 15) is 8.42 Å². The van der Waals surface area contributed by atoms with Gasteiger partial charge in [0.25, 0.3) is 0 Å². The van der Waals surface area contributed by atoms with Crippen molar-refractivity contribution in [2.75, 3.05) is 11.8 Å². The minimum absolute atomic E-state index is 0.392. The number of rotatable bonds is 4. The van der Waals surface area contributed by atoms with Gasteiger partial charge in [-0.1, -0.05) is 0 Å². The summed E-state index contributed by atoms with van der Waals surface area (Å²) in [5, 5.41) is 3.88. The van der Waals surface area contributed by atoms with Gasteiger partial charge >= 0.3 is 0 Å². The van der Waals surface area contributed by atoms with Gasteiger partial charge in [-0.05, 0) is 24.4 Å². The molecule has 0 unspecified atom stereocenters. The van der Waals surface area contributed by atoms with Crippen LogP contribution in [0.1, 0.15) is 0 Å². The summed E-state index contributed by atoms with van der Waals surface area (Å²) in [7, 11) is -3.30. The Labute approximate surface area is 75.0 Å². The van der Waals surface area contributed by atoms with Crippen molar-refractivity contribution in [1.29, 1.82) is 0 Å². The number of hydrogen-bond donors (Lipinski definition) is 0. The first-order valence-electron chi connectivity index (χ1n) is 2.40. The molecule has 0 rings (SSSR count). The number of isothiocyanates is 2. The van der Waals surface area contributed by atoms with Gasteiger partial charge in [0.05, 0.1) is 10.3 Å². The third-order valence-corrected chi connectivity index (χ3v) is 1.95. The fourth-order valence-corrected chi connectivity index (χ4v) is 1.19. The molecule has 0 aromatic carbocycles. The molecular weight excluding hydrogens is 204 g/mol. The maximum atomic E-state index is 10.8. The Morgan fingerprint density at radius 3 is 1.73 bits per heavy atom. The van der Waals surface area contributed by atoms with Gasteiger partial charge in [0.2, 0.25) is 0 Å². The summed E-state index contributed by atoms with van der Waals surface area (Å²) in [5.41, 5.74) is 0. The zero-order chi connectivity index (χ0) is 8.74. The SMILES string of the molecule is O=S(=O)(CN=C=S)CN=C=S. The van der Waals surface area contributed by atoms with Crippen LogP contribution in [0.25, 0.3) is 0 Å². The monoisotopic (exact) mass is 208 g/mol. The Morgan fingerprint density at radius 2 is 1.45 bits per heavy atom. The summed E-state index contributed by atoms with van der Waals surface area (Å²) in [4.78, 5) is 6.50. The molecule has 0 saturated carbocycles. The average Bonchev–Trinajstić information content (AvgIpc) is 1.97. The minimum atomic E-state index is -3.30. The van der Waals surface area contributed by atoms with Crippen molar-refractivity contribution < 1.29 is 8.42 Å². The second-order valence-electron chi connectivity index (χ2n) is 1.50. The average molecular weight is 208 g/mol. The van der Waals surface area contributed by atoms with Crippen molar-refractivity contribution in [3.05, 3.63) is 0 Å². The lowest BCUT2D eigenvalue weighted by Gasteiger charge is -1.90. The standard InChI is InChI=1S/C4H4N2O2S3/c7-11(8,3-5-1-9)4-6-2-10/h3-4H2. The van der Waals surface area contributed by atoms with E-state index in [-0.39, 0.29) is 0 Å². The van der Waals surface area contributed by atoms with Gasteiger partial charge in [-0.25, -0.2) is 18.4 Å². The van der Waals surface area contributed by atoms with E-state index in [1.165, 1.54) is 0 Å². The molecule has 0 aliphatic carbocycles. The summed E-state index contributed by atoms with van der Waals surface area (Å²) in [6, 6.07) is 0. The van der Waals surface area contributed by atoms with Crippen LogP contribution in [-0.4, -0.2) is 30.5 Å². The van der Waals surface area contributed by atoms with Gasteiger partial charge in [0.1, 0.15) is 0 Å². The van der Waals surface area contributed by atoms with Crippen LogP contribution in [0.15, 0.2) is 9.98 Å². The van der Waals surface area contributed by atoms with E-state index in [0.29, 0.717) is 0 Å². The molecule has 0 N–H and O–H groups in total. The number of hydrogen-bond acceptors (Lipinski definition) is 6. The van der Waals surface area contributed by atoms with Gasteiger partial charge in [-0.15, -0.1) is 0 Å². The minimum Gasteiger partial charge on any atom is -0.225 e. The van der Waals surface area contributed by atoms with Gasteiger partial charge in [0, 0.05) is 0 Å².